The van der Waals surface area contributed by atoms with Crippen molar-refractivity contribution in [1.82, 2.24) is 4.90 Å². The summed E-state index contributed by atoms with van der Waals surface area (Å²) in [6.07, 6.45) is -5.29. The van der Waals surface area contributed by atoms with Crippen molar-refractivity contribution in [2.75, 3.05) is 26.2 Å². The maximum atomic E-state index is 13.3. The Morgan fingerprint density at radius 2 is 2.03 bits per heavy atom. The Morgan fingerprint density at radius 3 is 2.71 bits per heavy atom. The van der Waals surface area contributed by atoms with E-state index in [9.17, 15) is 27.9 Å². The van der Waals surface area contributed by atoms with Gasteiger partial charge < -0.3 is 19.4 Å². The first kappa shape index (κ1) is 25.0. The number of ether oxygens (including phenoxy) is 1. The van der Waals surface area contributed by atoms with E-state index < -0.39 is 35.2 Å². The molecule has 0 spiro atoms. The number of aliphatic carboxylic acids is 1. The minimum absolute atomic E-state index is 0.0438. The number of β-amino-alcohol motifs (C(OH)–C–C–N with tert-alkyl or cyclic N) is 1. The Hall–Kier alpha value is -3.08. The van der Waals surface area contributed by atoms with Crippen molar-refractivity contribution in [2.24, 2.45) is 5.92 Å². The summed E-state index contributed by atoms with van der Waals surface area (Å²) in [6.45, 7) is 0.482. The number of para-hydroxylation sites is 1. The van der Waals surface area contributed by atoms with Crippen molar-refractivity contribution in [2.45, 2.75) is 18.7 Å². The van der Waals surface area contributed by atoms with Crippen LogP contribution >= 0.6 is 11.6 Å². The molecule has 0 saturated carbocycles. The van der Waals surface area contributed by atoms with Crippen molar-refractivity contribution in [3.63, 3.8) is 0 Å². The van der Waals surface area contributed by atoms with Gasteiger partial charge in [0.2, 0.25) is 0 Å². The highest BCUT2D eigenvalue weighted by Crippen LogP contribution is 2.38. The second kappa shape index (κ2) is 9.88. The van der Waals surface area contributed by atoms with Gasteiger partial charge in [0.25, 0.3) is 0 Å². The highest BCUT2D eigenvalue weighted by molar-refractivity contribution is 6.34. The highest BCUT2D eigenvalue weighted by Gasteiger charge is 2.32. The first-order valence-corrected chi connectivity index (χ1v) is 11.1. The smallest absolute Gasteiger partial charge is 0.416 e. The molecule has 2 N–H and O–H groups in total. The molecule has 4 rings (SSSR count). The van der Waals surface area contributed by atoms with E-state index in [4.69, 9.17) is 25.9 Å². The molecule has 1 fully saturated rings. The predicted molar refractivity (Wildman–Crippen MR) is 122 cm³/mol. The van der Waals surface area contributed by atoms with Gasteiger partial charge in [0.05, 0.1) is 27.5 Å². The van der Waals surface area contributed by atoms with Crippen molar-refractivity contribution in [3.8, 4) is 17.1 Å². The van der Waals surface area contributed by atoms with Crippen LogP contribution in [0.2, 0.25) is 5.02 Å². The van der Waals surface area contributed by atoms with E-state index in [0.717, 1.165) is 24.3 Å². The minimum Gasteiger partial charge on any atom is -0.490 e. The fourth-order valence-corrected chi connectivity index (χ4v) is 4.25. The van der Waals surface area contributed by atoms with E-state index in [-0.39, 0.29) is 52.8 Å². The molecule has 2 aromatic carbocycles. The van der Waals surface area contributed by atoms with Gasteiger partial charge in [-0.15, -0.1) is 0 Å². The number of nitrogens with zero attached hydrogens (tertiary/aromatic N) is 1. The first-order chi connectivity index (χ1) is 16.5. The summed E-state index contributed by atoms with van der Waals surface area (Å²) >= 11 is 6.14. The Bertz CT molecular complexity index is 1310. The number of carbonyl (C=O) groups is 1. The van der Waals surface area contributed by atoms with Gasteiger partial charge in [0.1, 0.15) is 24.2 Å². The lowest BCUT2D eigenvalue weighted by Crippen LogP contribution is -2.34. The van der Waals surface area contributed by atoms with Gasteiger partial charge in [0, 0.05) is 19.2 Å². The van der Waals surface area contributed by atoms with Crippen molar-refractivity contribution >= 4 is 28.5 Å². The monoisotopic (exact) mass is 511 g/mol. The Balaban J connectivity index is 1.61. The molecule has 1 saturated heterocycles. The van der Waals surface area contributed by atoms with Crippen LogP contribution in [-0.4, -0.2) is 53.4 Å². The Kier molecular flexibility index (Phi) is 7.07. The van der Waals surface area contributed by atoms with Gasteiger partial charge in [-0.25, -0.2) is 0 Å². The average Bonchev–Trinajstić information content (AvgIpc) is 3.26. The second-order valence-corrected chi connectivity index (χ2v) is 8.76. The largest absolute Gasteiger partial charge is 0.490 e. The summed E-state index contributed by atoms with van der Waals surface area (Å²) in [5.74, 6) is -1.72. The van der Waals surface area contributed by atoms with Crippen LogP contribution < -0.4 is 10.2 Å². The third-order valence-corrected chi connectivity index (χ3v) is 6.10. The normalized spacial score (nSPS) is 17.6. The Labute approximate surface area is 202 Å². The number of carboxylic acids is 1. The number of aliphatic hydroxyl groups excluding tert-OH is 1. The van der Waals surface area contributed by atoms with Gasteiger partial charge in [-0.2, -0.15) is 13.2 Å². The molecule has 186 valence electrons. The summed E-state index contributed by atoms with van der Waals surface area (Å²) in [4.78, 5) is 25.4. The lowest BCUT2D eigenvalue weighted by Gasteiger charge is -2.21. The SMILES string of the molecule is O=C(O)C1CCN(CC(O)COc2cc(C(F)(F)F)ccc2-c2cc(=O)c3cccc(Cl)c3o2)C1. The van der Waals surface area contributed by atoms with Crippen molar-refractivity contribution in [1.29, 1.82) is 0 Å². The van der Waals surface area contributed by atoms with Crippen LogP contribution in [0.4, 0.5) is 13.2 Å². The number of fused-ring (bicyclic) bond motifs is 1. The lowest BCUT2D eigenvalue weighted by molar-refractivity contribution is -0.141. The van der Waals surface area contributed by atoms with Gasteiger partial charge in [-0.1, -0.05) is 17.7 Å². The third kappa shape index (κ3) is 5.61. The van der Waals surface area contributed by atoms with Crippen molar-refractivity contribution < 1.29 is 37.3 Å². The van der Waals surface area contributed by atoms with Crippen LogP contribution in [0.3, 0.4) is 0 Å². The molecular weight excluding hydrogens is 491 g/mol. The molecule has 1 aliphatic rings. The molecule has 35 heavy (non-hydrogen) atoms. The molecule has 0 bridgehead atoms. The summed E-state index contributed by atoms with van der Waals surface area (Å²) in [5, 5.41) is 19.9. The van der Waals surface area contributed by atoms with Crippen LogP contribution in [0, 0.1) is 5.92 Å². The number of carboxylic acid groups (broad SMARTS) is 1. The predicted octanol–water partition coefficient (Wildman–Crippen LogP) is 4.28. The molecule has 2 unspecified atom stereocenters. The number of alkyl halides is 3. The number of aliphatic hydroxyl groups is 1. The van der Waals surface area contributed by atoms with E-state index in [1.807, 2.05) is 0 Å². The summed E-state index contributed by atoms with van der Waals surface area (Å²) < 4.78 is 51.4. The molecule has 2 heterocycles. The van der Waals surface area contributed by atoms with Crippen LogP contribution in [-0.2, 0) is 11.0 Å². The van der Waals surface area contributed by atoms with Gasteiger partial charge >= 0.3 is 12.1 Å². The first-order valence-electron chi connectivity index (χ1n) is 10.7. The summed E-state index contributed by atoms with van der Waals surface area (Å²) in [7, 11) is 0. The van der Waals surface area contributed by atoms with Gasteiger partial charge in [-0.3, -0.25) is 14.5 Å². The second-order valence-electron chi connectivity index (χ2n) is 8.35. The van der Waals surface area contributed by atoms with Gasteiger partial charge in [-0.05, 0) is 43.3 Å². The van der Waals surface area contributed by atoms with E-state index in [1.54, 1.807) is 11.0 Å². The fraction of sp³-hybridized carbons (Fsp3) is 0.333. The molecular formula is C24H21ClF3NO6. The van der Waals surface area contributed by atoms with Crippen molar-refractivity contribution in [3.05, 3.63) is 63.3 Å². The Morgan fingerprint density at radius 1 is 1.26 bits per heavy atom. The molecule has 11 heteroatoms. The van der Waals surface area contributed by atoms with E-state index in [2.05, 4.69) is 0 Å². The summed E-state index contributed by atoms with van der Waals surface area (Å²) in [6, 6.07) is 8.49. The van der Waals surface area contributed by atoms with E-state index in [0.29, 0.717) is 13.0 Å². The fourth-order valence-electron chi connectivity index (χ4n) is 4.03. The molecule has 2 atom stereocenters. The van der Waals surface area contributed by atoms with Gasteiger partial charge in [0.15, 0.2) is 11.0 Å². The van der Waals surface area contributed by atoms with Crippen LogP contribution in [0.5, 0.6) is 5.75 Å². The van der Waals surface area contributed by atoms with E-state index in [1.165, 1.54) is 12.1 Å². The zero-order valence-electron chi connectivity index (χ0n) is 18.2. The lowest BCUT2D eigenvalue weighted by atomic mass is 10.1. The third-order valence-electron chi connectivity index (χ3n) is 5.80. The molecule has 1 aliphatic heterocycles. The summed E-state index contributed by atoms with van der Waals surface area (Å²) in [5.41, 5.74) is -1.24. The van der Waals surface area contributed by atoms with Crippen LogP contribution in [0.15, 0.2) is 51.7 Å². The molecule has 0 amide bonds. The van der Waals surface area contributed by atoms with E-state index >= 15 is 0 Å². The van der Waals surface area contributed by atoms with Crippen LogP contribution in [0.1, 0.15) is 12.0 Å². The highest BCUT2D eigenvalue weighted by atomic mass is 35.5. The molecule has 0 radical (unpaired) electrons. The molecule has 0 aliphatic carbocycles. The number of hydrogen-bond acceptors (Lipinski definition) is 6. The average molecular weight is 512 g/mol. The molecule has 3 aromatic rings. The topological polar surface area (TPSA) is 100 Å². The number of rotatable bonds is 7. The maximum absolute atomic E-state index is 13.3. The zero-order valence-corrected chi connectivity index (χ0v) is 19.0. The number of likely N-dealkylation sites (tertiary alicyclic amines) is 1. The van der Waals surface area contributed by atoms with Crippen LogP contribution in [0.25, 0.3) is 22.3 Å². The molecule has 7 nitrogen and oxygen atoms in total. The number of benzene rings is 2. The molecule has 1 aromatic heterocycles. The quantitative estimate of drug-likeness (QED) is 0.488. The minimum atomic E-state index is -4.65. The standard InChI is InChI=1S/C24H21ClF3NO6/c25-18-3-1-2-16-19(31)9-21(35-22(16)18)17-5-4-14(24(26,27)28)8-20(17)34-12-15(30)11-29-7-6-13(10-29)23(32)33/h1-5,8-9,13,15,30H,6-7,10-12H2,(H,32,33). The zero-order chi connectivity index (χ0) is 25.3. The maximum Gasteiger partial charge on any atom is 0.416 e. The number of halogens is 4. The number of hydrogen-bond donors (Lipinski definition) is 2.